The number of likely N-dealkylation sites (tertiary alicyclic amines) is 1. The van der Waals surface area contributed by atoms with Gasteiger partial charge in [0.05, 0.1) is 9.50 Å². The summed E-state index contributed by atoms with van der Waals surface area (Å²) >= 11 is 15.3. The van der Waals surface area contributed by atoms with Crippen LogP contribution in [-0.2, 0) is 4.79 Å². The predicted octanol–water partition coefficient (Wildman–Crippen LogP) is 5.65. The van der Waals surface area contributed by atoms with Crippen molar-refractivity contribution in [2.75, 3.05) is 25.0 Å². The summed E-state index contributed by atoms with van der Waals surface area (Å²) in [4.78, 5) is 26.6. The highest BCUT2D eigenvalue weighted by Gasteiger charge is 2.21. The highest BCUT2D eigenvalue weighted by Crippen LogP contribution is 2.36. The zero-order valence-electron chi connectivity index (χ0n) is 15.9. The number of hydrogen-bond donors (Lipinski definition) is 1. The second-order valence-corrected chi connectivity index (χ2v) is 8.79. The van der Waals surface area contributed by atoms with Crippen LogP contribution in [0.3, 0.4) is 0 Å². The molecule has 3 rings (SSSR count). The Morgan fingerprint density at radius 1 is 1.17 bits per heavy atom. The molecule has 0 radical (unpaired) electrons. The molecule has 5 nitrogen and oxygen atoms in total. The van der Waals surface area contributed by atoms with E-state index in [0.29, 0.717) is 37.4 Å². The molecule has 0 aromatic heterocycles. The molecule has 8 heteroatoms. The van der Waals surface area contributed by atoms with E-state index in [1.54, 1.807) is 36.4 Å². The van der Waals surface area contributed by atoms with Crippen LogP contribution in [0.2, 0.25) is 10.0 Å². The molecular weight excluding hydrogens is 479 g/mol. The number of carbonyl (C=O) groups excluding carboxylic acids is 2. The fourth-order valence-electron chi connectivity index (χ4n) is 3.09. The third-order valence-electron chi connectivity index (χ3n) is 4.80. The van der Waals surface area contributed by atoms with Gasteiger partial charge in [0.25, 0.3) is 11.8 Å². The Morgan fingerprint density at radius 2 is 1.83 bits per heavy atom. The first-order valence-corrected chi connectivity index (χ1v) is 10.8. The molecule has 0 aliphatic carbocycles. The van der Waals surface area contributed by atoms with Gasteiger partial charge in [0.15, 0.2) is 12.4 Å². The van der Waals surface area contributed by atoms with Crippen LogP contribution < -0.4 is 10.1 Å². The molecule has 0 saturated carbocycles. The van der Waals surface area contributed by atoms with Crippen LogP contribution in [0.1, 0.15) is 30.1 Å². The molecule has 29 heavy (non-hydrogen) atoms. The van der Waals surface area contributed by atoms with Crippen molar-refractivity contribution in [1.82, 2.24) is 4.90 Å². The third kappa shape index (κ3) is 5.87. The van der Waals surface area contributed by atoms with E-state index in [1.807, 2.05) is 4.90 Å². The maximum Gasteiger partial charge on any atom is 0.262 e. The number of piperidine rings is 1. The smallest absolute Gasteiger partial charge is 0.262 e. The molecule has 2 aromatic carbocycles. The molecular formula is C21H21BrCl2N2O3. The van der Waals surface area contributed by atoms with Crippen LogP contribution >= 0.6 is 39.1 Å². The number of anilines is 1. The van der Waals surface area contributed by atoms with Gasteiger partial charge in [-0.15, -0.1) is 0 Å². The van der Waals surface area contributed by atoms with E-state index in [1.165, 1.54) is 0 Å². The normalized spacial score (nSPS) is 14.6. The van der Waals surface area contributed by atoms with Gasteiger partial charge in [-0.3, -0.25) is 9.59 Å². The van der Waals surface area contributed by atoms with Crippen molar-refractivity contribution in [3.63, 3.8) is 0 Å². The molecule has 0 unspecified atom stereocenters. The first kappa shape index (κ1) is 21.9. The van der Waals surface area contributed by atoms with Gasteiger partial charge in [0, 0.05) is 29.4 Å². The summed E-state index contributed by atoms with van der Waals surface area (Å²) in [5, 5.41) is 3.52. The lowest BCUT2D eigenvalue weighted by Crippen LogP contribution is -2.37. The lowest BCUT2D eigenvalue weighted by molar-refractivity contribution is -0.118. The van der Waals surface area contributed by atoms with E-state index >= 15 is 0 Å². The van der Waals surface area contributed by atoms with E-state index in [4.69, 9.17) is 27.9 Å². The zero-order valence-corrected chi connectivity index (χ0v) is 19.0. The van der Waals surface area contributed by atoms with E-state index < -0.39 is 0 Å². The summed E-state index contributed by atoms with van der Waals surface area (Å²) in [6, 6.07) is 10.1. The van der Waals surface area contributed by atoms with E-state index in [9.17, 15) is 9.59 Å². The van der Waals surface area contributed by atoms with Crippen molar-refractivity contribution in [3.05, 3.63) is 56.5 Å². The van der Waals surface area contributed by atoms with Gasteiger partial charge in [0.2, 0.25) is 0 Å². The lowest BCUT2D eigenvalue weighted by Gasteiger charge is -2.30. The number of amides is 2. The molecule has 0 atom stereocenters. The number of rotatable bonds is 5. The zero-order chi connectivity index (χ0) is 21.0. The van der Waals surface area contributed by atoms with Gasteiger partial charge >= 0.3 is 0 Å². The molecule has 2 aromatic rings. The fourth-order valence-corrected chi connectivity index (χ4v) is 4.46. The summed E-state index contributed by atoms with van der Waals surface area (Å²) in [6.07, 6.45) is 2.07. The minimum atomic E-state index is -0.341. The van der Waals surface area contributed by atoms with E-state index in [2.05, 4.69) is 28.2 Å². The van der Waals surface area contributed by atoms with Gasteiger partial charge in [0.1, 0.15) is 0 Å². The molecule has 1 N–H and O–H groups in total. The first-order chi connectivity index (χ1) is 13.8. The van der Waals surface area contributed by atoms with Gasteiger partial charge in [-0.05, 0) is 71.1 Å². The lowest BCUT2D eigenvalue weighted by atomic mass is 9.98. The molecule has 1 aliphatic heterocycles. The van der Waals surface area contributed by atoms with Crippen LogP contribution in [0.25, 0.3) is 0 Å². The van der Waals surface area contributed by atoms with Crippen LogP contribution in [-0.4, -0.2) is 36.4 Å². The van der Waals surface area contributed by atoms with Crippen LogP contribution in [0.15, 0.2) is 40.9 Å². The fraction of sp³-hybridized carbons (Fsp3) is 0.333. The Morgan fingerprint density at radius 3 is 2.45 bits per heavy atom. The molecule has 1 heterocycles. The summed E-state index contributed by atoms with van der Waals surface area (Å²) in [5.74, 6) is 0.706. The highest BCUT2D eigenvalue weighted by molar-refractivity contribution is 9.10. The van der Waals surface area contributed by atoms with Crippen LogP contribution in [0.5, 0.6) is 5.75 Å². The first-order valence-electron chi connectivity index (χ1n) is 9.30. The molecule has 0 bridgehead atoms. The Labute approximate surface area is 188 Å². The van der Waals surface area contributed by atoms with Gasteiger partial charge in [-0.25, -0.2) is 0 Å². The number of benzene rings is 2. The highest BCUT2D eigenvalue weighted by atomic mass is 79.9. The van der Waals surface area contributed by atoms with Crippen molar-refractivity contribution >= 4 is 56.6 Å². The number of carbonyl (C=O) groups is 2. The van der Waals surface area contributed by atoms with Crippen molar-refractivity contribution < 1.29 is 14.3 Å². The van der Waals surface area contributed by atoms with Gasteiger partial charge < -0.3 is 15.0 Å². The predicted molar refractivity (Wildman–Crippen MR) is 119 cm³/mol. The van der Waals surface area contributed by atoms with Crippen molar-refractivity contribution in [3.8, 4) is 5.75 Å². The van der Waals surface area contributed by atoms with Crippen molar-refractivity contribution in [1.29, 1.82) is 0 Å². The SMILES string of the molecule is CC1CCN(C(=O)c2ccc(NC(=O)COc3c(Cl)cc(Cl)cc3Br)cc2)CC1. The van der Waals surface area contributed by atoms with Gasteiger partial charge in [-0.2, -0.15) is 0 Å². The second-order valence-electron chi connectivity index (χ2n) is 7.09. The second kappa shape index (κ2) is 9.83. The Bertz CT molecular complexity index is 874. The summed E-state index contributed by atoms with van der Waals surface area (Å²) in [7, 11) is 0. The molecule has 0 spiro atoms. The summed E-state index contributed by atoms with van der Waals surface area (Å²) < 4.78 is 6.06. The Balaban J connectivity index is 1.54. The summed E-state index contributed by atoms with van der Waals surface area (Å²) in [6.45, 7) is 3.58. The number of ether oxygens (including phenoxy) is 1. The third-order valence-corrected chi connectivity index (χ3v) is 5.89. The Hall–Kier alpha value is -1.76. The van der Waals surface area contributed by atoms with E-state index in [-0.39, 0.29) is 18.4 Å². The standard InChI is InChI=1S/C21H21BrCl2N2O3/c1-13-6-8-26(9-7-13)21(28)14-2-4-16(5-3-14)25-19(27)12-29-20-17(22)10-15(23)11-18(20)24/h2-5,10-11,13H,6-9,12H2,1H3,(H,25,27). The number of halogens is 3. The number of hydrogen-bond acceptors (Lipinski definition) is 3. The van der Waals surface area contributed by atoms with Crippen LogP contribution in [0, 0.1) is 5.92 Å². The molecule has 1 saturated heterocycles. The largest absolute Gasteiger partial charge is 0.481 e. The number of nitrogens with zero attached hydrogens (tertiary/aromatic N) is 1. The molecule has 2 amide bonds. The minimum Gasteiger partial charge on any atom is -0.481 e. The molecule has 1 aliphatic rings. The van der Waals surface area contributed by atoms with E-state index in [0.717, 1.165) is 25.9 Å². The summed E-state index contributed by atoms with van der Waals surface area (Å²) in [5.41, 5.74) is 1.20. The maximum absolute atomic E-state index is 12.6. The average Bonchev–Trinajstić information content (AvgIpc) is 2.68. The monoisotopic (exact) mass is 498 g/mol. The number of nitrogens with one attached hydrogen (secondary N) is 1. The molecule has 1 fully saturated rings. The Kier molecular flexibility index (Phi) is 7.44. The van der Waals surface area contributed by atoms with Crippen LogP contribution in [0.4, 0.5) is 5.69 Å². The van der Waals surface area contributed by atoms with Gasteiger partial charge in [-0.1, -0.05) is 30.1 Å². The maximum atomic E-state index is 12.6. The average molecular weight is 500 g/mol. The van der Waals surface area contributed by atoms with Crippen molar-refractivity contribution in [2.24, 2.45) is 5.92 Å². The van der Waals surface area contributed by atoms with Crippen molar-refractivity contribution in [2.45, 2.75) is 19.8 Å². The quantitative estimate of drug-likeness (QED) is 0.578. The topological polar surface area (TPSA) is 58.6 Å². The minimum absolute atomic E-state index is 0.0281. The molecule has 154 valence electrons.